The Morgan fingerprint density at radius 2 is 1.83 bits per heavy atom. The number of hydrogen-bond donors (Lipinski definition) is 1. The van der Waals surface area contributed by atoms with Crippen molar-refractivity contribution < 1.29 is 4.74 Å². The molecule has 0 bridgehead atoms. The van der Waals surface area contributed by atoms with Crippen LogP contribution in [0, 0.1) is 6.92 Å². The van der Waals surface area contributed by atoms with Crippen molar-refractivity contribution in [2.75, 3.05) is 7.05 Å². The second-order valence-corrected chi connectivity index (χ2v) is 4.63. The van der Waals surface area contributed by atoms with Crippen LogP contribution >= 0.6 is 11.6 Å². The fourth-order valence-corrected chi connectivity index (χ4v) is 1.90. The van der Waals surface area contributed by atoms with E-state index in [1.165, 1.54) is 5.56 Å². The highest BCUT2D eigenvalue weighted by Gasteiger charge is 2.05. The molecule has 3 heteroatoms. The topological polar surface area (TPSA) is 21.3 Å². The van der Waals surface area contributed by atoms with Gasteiger partial charge in [-0.2, -0.15) is 0 Å². The Labute approximate surface area is 113 Å². The molecule has 0 spiro atoms. The highest BCUT2D eigenvalue weighted by molar-refractivity contribution is 6.30. The smallest absolute Gasteiger partial charge is 0.132 e. The van der Waals surface area contributed by atoms with Crippen LogP contribution in [0.5, 0.6) is 11.5 Å². The van der Waals surface area contributed by atoms with Gasteiger partial charge in [0.1, 0.15) is 11.5 Å². The molecule has 18 heavy (non-hydrogen) atoms. The average Bonchev–Trinajstić information content (AvgIpc) is 2.36. The molecule has 0 fully saturated rings. The van der Waals surface area contributed by atoms with E-state index in [9.17, 15) is 0 Å². The molecule has 0 heterocycles. The third kappa shape index (κ3) is 3.25. The van der Waals surface area contributed by atoms with E-state index < -0.39 is 0 Å². The van der Waals surface area contributed by atoms with E-state index in [-0.39, 0.29) is 0 Å². The zero-order valence-corrected chi connectivity index (χ0v) is 11.3. The molecule has 0 aliphatic rings. The van der Waals surface area contributed by atoms with Gasteiger partial charge in [0.25, 0.3) is 0 Å². The fourth-order valence-electron chi connectivity index (χ4n) is 1.71. The zero-order valence-electron chi connectivity index (χ0n) is 10.5. The maximum Gasteiger partial charge on any atom is 0.132 e. The quantitative estimate of drug-likeness (QED) is 0.892. The summed E-state index contributed by atoms with van der Waals surface area (Å²) in [6.45, 7) is 2.78. The molecule has 2 nitrogen and oxygen atoms in total. The van der Waals surface area contributed by atoms with Crippen molar-refractivity contribution in [2.45, 2.75) is 13.5 Å². The van der Waals surface area contributed by atoms with Crippen LogP contribution in [0.4, 0.5) is 0 Å². The van der Waals surface area contributed by atoms with E-state index in [0.29, 0.717) is 0 Å². The number of rotatable bonds is 4. The summed E-state index contributed by atoms with van der Waals surface area (Å²) in [6, 6.07) is 13.6. The monoisotopic (exact) mass is 261 g/mol. The number of benzene rings is 2. The predicted molar refractivity (Wildman–Crippen MR) is 75.5 cm³/mol. The summed E-state index contributed by atoms with van der Waals surface area (Å²) in [6.07, 6.45) is 0. The molecule has 0 unspecified atom stereocenters. The minimum absolute atomic E-state index is 0.719. The van der Waals surface area contributed by atoms with Crippen molar-refractivity contribution in [2.24, 2.45) is 0 Å². The van der Waals surface area contributed by atoms with Crippen molar-refractivity contribution in [1.29, 1.82) is 0 Å². The molecule has 0 atom stereocenters. The van der Waals surface area contributed by atoms with E-state index >= 15 is 0 Å². The van der Waals surface area contributed by atoms with E-state index in [1.807, 2.05) is 49.5 Å². The summed E-state index contributed by atoms with van der Waals surface area (Å²) < 4.78 is 5.87. The second-order valence-electron chi connectivity index (χ2n) is 4.20. The Morgan fingerprint density at radius 3 is 2.50 bits per heavy atom. The summed E-state index contributed by atoms with van der Waals surface area (Å²) >= 11 is 5.99. The highest BCUT2D eigenvalue weighted by atomic mass is 35.5. The number of halogens is 1. The molecule has 0 radical (unpaired) electrons. The minimum Gasteiger partial charge on any atom is -0.457 e. The van der Waals surface area contributed by atoms with Crippen LogP contribution in [0.25, 0.3) is 0 Å². The average molecular weight is 262 g/mol. The van der Waals surface area contributed by atoms with E-state index in [2.05, 4.69) is 12.2 Å². The molecule has 2 rings (SSSR count). The fraction of sp³-hybridized carbons (Fsp3) is 0.200. The molecule has 0 saturated carbocycles. The van der Waals surface area contributed by atoms with Crippen LogP contribution in [0.3, 0.4) is 0 Å². The highest BCUT2D eigenvalue weighted by Crippen LogP contribution is 2.28. The maximum absolute atomic E-state index is 5.99. The normalized spacial score (nSPS) is 10.4. The summed E-state index contributed by atoms with van der Waals surface area (Å²) in [5, 5.41) is 3.83. The van der Waals surface area contributed by atoms with Crippen LogP contribution in [0.15, 0.2) is 42.5 Å². The van der Waals surface area contributed by atoms with Crippen LogP contribution < -0.4 is 10.1 Å². The summed E-state index contributed by atoms with van der Waals surface area (Å²) in [5.41, 5.74) is 2.26. The van der Waals surface area contributed by atoms with Crippen molar-refractivity contribution in [3.63, 3.8) is 0 Å². The van der Waals surface area contributed by atoms with Crippen molar-refractivity contribution in [1.82, 2.24) is 5.32 Å². The van der Waals surface area contributed by atoms with Crippen LogP contribution in [-0.4, -0.2) is 7.05 Å². The van der Waals surface area contributed by atoms with Gasteiger partial charge in [-0.3, -0.25) is 0 Å². The first-order chi connectivity index (χ1) is 8.69. The maximum atomic E-state index is 5.99. The molecule has 94 valence electrons. The molecule has 2 aromatic rings. The molecular weight excluding hydrogens is 246 g/mol. The van der Waals surface area contributed by atoms with Crippen molar-refractivity contribution >= 4 is 11.6 Å². The molecule has 0 aliphatic heterocycles. The van der Waals surface area contributed by atoms with Crippen LogP contribution in [-0.2, 0) is 6.54 Å². The summed E-state index contributed by atoms with van der Waals surface area (Å²) in [7, 11) is 1.90. The molecule has 0 saturated heterocycles. The Morgan fingerprint density at radius 1 is 1.11 bits per heavy atom. The predicted octanol–water partition coefficient (Wildman–Crippen LogP) is 4.16. The Kier molecular flexibility index (Phi) is 4.24. The van der Waals surface area contributed by atoms with Gasteiger partial charge < -0.3 is 10.1 Å². The number of hydrogen-bond acceptors (Lipinski definition) is 2. The molecular formula is C15H16ClNO. The SMILES string of the molecule is CNCc1cc(Cl)ccc1Oc1ccc(C)cc1. The van der Waals surface area contributed by atoms with Gasteiger partial charge in [0.15, 0.2) is 0 Å². The van der Waals surface area contributed by atoms with Gasteiger partial charge in [0.2, 0.25) is 0 Å². The second kappa shape index (κ2) is 5.89. The summed E-state index contributed by atoms with van der Waals surface area (Å²) in [4.78, 5) is 0. The molecule has 2 aromatic carbocycles. The van der Waals surface area contributed by atoms with Gasteiger partial charge >= 0.3 is 0 Å². The lowest BCUT2D eigenvalue weighted by atomic mass is 10.2. The first-order valence-electron chi connectivity index (χ1n) is 5.86. The number of ether oxygens (including phenoxy) is 1. The van der Waals surface area contributed by atoms with Gasteiger partial charge in [-0.15, -0.1) is 0 Å². The third-order valence-electron chi connectivity index (χ3n) is 2.64. The zero-order chi connectivity index (χ0) is 13.0. The standard InChI is InChI=1S/C15H16ClNO/c1-11-3-6-14(7-4-11)18-15-8-5-13(16)9-12(15)10-17-2/h3-9,17H,10H2,1-2H3. The van der Waals surface area contributed by atoms with Crippen molar-refractivity contribution in [3.8, 4) is 11.5 Å². The van der Waals surface area contributed by atoms with Crippen molar-refractivity contribution in [3.05, 3.63) is 58.6 Å². The van der Waals surface area contributed by atoms with Crippen LogP contribution in [0.1, 0.15) is 11.1 Å². The number of aryl methyl sites for hydroxylation is 1. The van der Waals surface area contributed by atoms with Crippen LogP contribution in [0.2, 0.25) is 5.02 Å². The van der Waals surface area contributed by atoms with Gasteiger partial charge in [0, 0.05) is 17.1 Å². The third-order valence-corrected chi connectivity index (χ3v) is 2.87. The van der Waals surface area contributed by atoms with Gasteiger partial charge in [0.05, 0.1) is 0 Å². The Bertz CT molecular complexity index is 523. The first-order valence-corrected chi connectivity index (χ1v) is 6.24. The lowest BCUT2D eigenvalue weighted by Crippen LogP contribution is -2.06. The first kappa shape index (κ1) is 12.9. The lowest BCUT2D eigenvalue weighted by Gasteiger charge is -2.11. The van der Waals surface area contributed by atoms with Gasteiger partial charge in [-0.25, -0.2) is 0 Å². The van der Waals surface area contributed by atoms with E-state index in [4.69, 9.17) is 16.3 Å². The number of nitrogens with one attached hydrogen (secondary N) is 1. The minimum atomic E-state index is 0.719. The molecule has 0 aliphatic carbocycles. The lowest BCUT2D eigenvalue weighted by molar-refractivity contribution is 0.474. The van der Waals surface area contributed by atoms with Gasteiger partial charge in [-0.1, -0.05) is 29.3 Å². The molecule has 1 N–H and O–H groups in total. The van der Waals surface area contributed by atoms with E-state index in [0.717, 1.165) is 28.6 Å². The Hall–Kier alpha value is -1.51. The largest absolute Gasteiger partial charge is 0.457 e. The van der Waals surface area contributed by atoms with Gasteiger partial charge in [-0.05, 0) is 44.3 Å². The summed E-state index contributed by atoms with van der Waals surface area (Å²) in [5.74, 6) is 1.66. The van der Waals surface area contributed by atoms with E-state index in [1.54, 1.807) is 0 Å². The molecule has 0 aromatic heterocycles. The Balaban J connectivity index is 2.25. The molecule has 0 amide bonds.